The van der Waals surface area contributed by atoms with E-state index >= 15 is 0 Å². The molecule has 0 unspecified atom stereocenters. The number of para-hydroxylation sites is 1. The first-order valence-electron chi connectivity index (χ1n) is 7.40. The largest absolute Gasteiger partial charge is 0.493 e. The Kier molecular flexibility index (Phi) is 2.91. The zero-order valence-electron chi connectivity index (χ0n) is 13.2. The van der Waals surface area contributed by atoms with Crippen LogP contribution in [0.1, 0.15) is 17.0 Å². The molecule has 0 N–H and O–H groups in total. The van der Waals surface area contributed by atoms with E-state index in [-0.39, 0.29) is 5.56 Å². The fraction of sp³-hybridized carbons (Fsp3) is 0.222. The van der Waals surface area contributed by atoms with E-state index in [1.54, 1.807) is 30.9 Å². The van der Waals surface area contributed by atoms with Gasteiger partial charge in [0.2, 0.25) is 0 Å². The normalized spacial score (nSPS) is 12.1. The minimum atomic E-state index is -0.0704. The van der Waals surface area contributed by atoms with E-state index in [1.807, 2.05) is 25.1 Å². The van der Waals surface area contributed by atoms with Crippen molar-refractivity contribution in [1.29, 1.82) is 0 Å². The lowest BCUT2D eigenvalue weighted by Crippen LogP contribution is -2.21. The molecule has 5 nitrogen and oxygen atoms in total. The highest BCUT2D eigenvalue weighted by Crippen LogP contribution is 2.33. The molecule has 0 spiro atoms. The number of hydrogen-bond acceptors (Lipinski definition) is 4. The zero-order chi connectivity index (χ0) is 16.1. The molecule has 1 aliphatic heterocycles. The Bertz CT molecular complexity index is 1010. The molecular formula is C18H16N2O3. The third-order valence-corrected chi connectivity index (χ3v) is 4.34. The second kappa shape index (κ2) is 4.84. The molecule has 0 radical (unpaired) electrons. The lowest BCUT2D eigenvalue weighted by atomic mass is 10.1. The predicted molar refractivity (Wildman–Crippen MR) is 88.0 cm³/mol. The average Bonchev–Trinajstić information content (AvgIpc) is 2.93. The van der Waals surface area contributed by atoms with E-state index in [0.29, 0.717) is 28.8 Å². The van der Waals surface area contributed by atoms with Crippen molar-refractivity contribution >= 4 is 10.9 Å². The van der Waals surface area contributed by atoms with Crippen LogP contribution in [-0.4, -0.2) is 23.8 Å². The summed E-state index contributed by atoms with van der Waals surface area (Å²) in [6.45, 7) is 2.01. The highest BCUT2D eigenvalue weighted by molar-refractivity contribution is 5.83. The first-order valence-corrected chi connectivity index (χ1v) is 7.40. The van der Waals surface area contributed by atoms with Crippen molar-refractivity contribution in [3.05, 3.63) is 57.6 Å². The van der Waals surface area contributed by atoms with Crippen molar-refractivity contribution in [3.8, 4) is 17.2 Å². The van der Waals surface area contributed by atoms with Gasteiger partial charge in [0.15, 0.2) is 11.5 Å². The Labute approximate surface area is 133 Å². The maximum Gasteiger partial charge on any atom is 0.266 e. The van der Waals surface area contributed by atoms with E-state index in [2.05, 4.69) is 4.98 Å². The quantitative estimate of drug-likeness (QED) is 0.571. The minimum Gasteiger partial charge on any atom is -0.493 e. The lowest BCUT2D eigenvalue weighted by Gasteiger charge is -2.11. The molecule has 0 saturated carbocycles. The highest BCUT2D eigenvalue weighted by Gasteiger charge is 2.24. The van der Waals surface area contributed by atoms with E-state index < -0.39 is 0 Å². The van der Waals surface area contributed by atoms with E-state index in [4.69, 9.17) is 9.47 Å². The van der Waals surface area contributed by atoms with Crippen LogP contribution < -0.4 is 15.0 Å². The third kappa shape index (κ3) is 1.86. The first kappa shape index (κ1) is 13.8. The molecule has 0 fully saturated rings. The van der Waals surface area contributed by atoms with Gasteiger partial charge >= 0.3 is 0 Å². The topological polar surface area (TPSA) is 53.4 Å². The maximum absolute atomic E-state index is 13.0. The number of fused-ring (bicyclic) bond motifs is 4. The van der Waals surface area contributed by atoms with Gasteiger partial charge in [-0.3, -0.25) is 9.36 Å². The molecule has 5 heteroatoms. The first-order chi connectivity index (χ1) is 11.1. The van der Waals surface area contributed by atoms with Crippen molar-refractivity contribution in [1.82, 2.24) is 9.55 Å². The van der Waals surface area contributed by atoms with Crippen molar-refractivity contribution in [3.63, 3.8) is 0 Å². The molecule has 23 heavy (non-hydrogen) atoms. The fourth-order valence-corrected chi connectivity index (χ4v) is 3.26. The van der Waals surface area contributed by atoms with Crippen LogP contribution in [0.3, 0.4) is 0 Å². The highest BCUT2D eigenvalue weighted by atomic mass is 16.5. The summed E-state index contributed by atoms with van der Waals surface area (Å²) >= 11 is 0. The predicted octanol–water partition coefficient (Wildman–Crippen LogP) is 2.62. The number of methoxy groups -OCH3 is 2. The number of benzene rings is 2. The standard InChI is InChI=1S/C18H16N2O3/c1-10-5-4-6-11-7-16-19-13-9-15(23-3)14(22-2)8-12(13)18(21)20(16)17(10)11/h4-6,8-9H,7H2,1-3H3. The van der Waals surface area contributed by atoms with Gasteiger partial charge < -0.3 is 9.47 Å². The van der Waals surface area contributed by atoms with Crippen molar-refractivity contribution in [2.24, 2.45) is 0 Å². The summed E-state index contributed by atoms with van der Waals surface area (Å²) in [5.74, 6) is 1.87. The minimum absolute atomic E-state index is 0.0704. The van der Waals surface area contributed by atoms with Gasteiger partial charge in [0.25, 0.3) is 5.56 Å². The second-order valence-electron chi connectivity index (χ2n) is 5.65. The van der Waals surface area contributed by atoms with Gasteiger partial charge in [-0.15, -0.1) is 0 Å². The van der Waals surface area contributed by atoms with Gasteiger partial charge in [0.1, 0.15) is 5.82 Å². The molecule has 0 saturated heterocycles. The molecule has 1 aromatic heterocycles. The Morgan fingerprint density at radius 3 is 2.61 bits per heavy atom. The molecule has 116 valence electrons. The van der Waals surface area contributed by atoms with Gasteiger partial charge in [0, 0.05) is 12.5 Å². The summed E-state index contributed by atoms with van der Waals surface area (Å²) < 4.78 is 12.3. The smallest absolute Gasteiger partial charge is 0.266 e. The van der Waals surface area contributed by atoms with Gasteiger partial charge in [-0.25, -0.2) is 4.98 Å². The molecule has 0 bridgehead atoms. The Morgan fingerprint density at radius 2 is 1.87 bits per heavy atom. The van der Waals surface area contributed by atoms with E-state index in [9.17, 15) is 4.79 Å². The van der Waals surface area contributed by atoms with Crippen LogP contribution in [0.4, 0.5) is 0 Å². The molecule has 0 amide bonds. The van der Waals surface area contributed by atoms with Crippen LogP contribution in [0, 0.1) is 6.92 Å². The number of rotatable bonds is 2. The van der Waals surface area contributed by atoms with Crippen LogP contribution in [0.5, 0.6) is 11.5 Å². The fourth-order valence-electron chi connectivity index (χ4n) is 3.26. The Hall–Kier alpha value is -2.82. The molecule has 0 aliphatic carbocycles. The van der Waals surface area contributed by atoms with Crippen LogP contribution in [0.2, 0.25) is 0 Å². The van der Waals surface area contributed by atoms with E-state index in [0.717, 1.165) is 22.6 Å². The molecule has 1 aliphatic rings. The van der Waals surface area contributed by atoms with Gasteiger partial charge in [-0.05, 0) is 24.1 Å². The van der Waals surface area contributed by atoms with E-state index in [1.165, 1.54) is 0 Å². The molecule has 4 rings (SSSR count). The van der Waals surface area contributed by atoms with Crippen LogP contribution in [0.15, 0.2) is 35.1 Å². The van der Waals surface area contributed by atoms with Gasteiger partial charge in [-0.2, -0.15) is 0 Å². The van der Waals surface area contributed by atoms with Gasteiger partial charge in [0.05, 0.1) is 30.8 Å². The summed E-state index contributed by atoms with van der Waals surface area (Å²) in [4.78, 5) is 17.7. The van der Waals surface area contributed by atoms with Crippen LogP contribution in [-0.2, 0) is 6.42 Å². The molecule has 3 aromatic rings. The monoisotopic (exact) mass is 308 g/mol. The second-order valence-corrected chi connectivity index (χ2v) is 5.65. The molecule has 2 aromatic carbocycles. The van der Waals surface area contributed by atoms with Gasteiger partial charge in [-0.1, -0.05) is 18.2 Å². The SMILES string of the molecule is COc1cc2nc3n(c(=O)c2cc1OC)-c1c(C)cccc1C3. The van der Waals surface area contributed by atoms with Crippen molar-refractivity contribution in [2.45, 2.75) is 13.3 Å². The Balaban J connectivity index is 2.09. The number of aromatic nitrogens is 2. The maximum atomic E-state index is 13.0. The summed E-state index contributed by atoms with van der Waals surface area (Å²) in [7, 11) is 3.13. The summed E-state index contributed by atoms with van der Waals surface area (Å²) in [5.41, 5.74) is 3.72. The molecule has 0 atom stereocenters. The Morgan fingerprint density at radius 1 is 1.13 bits per heavy atom. The summed E-state index contributed by atoms with van der Waals surface area (Å²) in [6, 6.07) is 9.53. The number of hydrogen-bond donors (Lipinski definition) is 0. The van der Waals surface area contributed by atoms with Crippen molar-refractivity contribution < 1.29 is 9.47 Å². The third-order valence-electron chi connectivity index (χ3n) is 4.34. The number of nitrogens with zero attached hydrogens (tertiary/aromatic N) is 2. The molecule has 2 heterocycles. The summed E-state index contributed by atoms with van der Waals surface area (Å²) in [6.07, 6.45) is 0.663. The summed E-state index contributed by atoms with van der Waals surface area (Å²) in [5, 5.41) is 0.530. The van der Waals surface area contributed by atoms with Crippen LogP contribution in [0.25, 0.3) is 16.6 Å². The number of ether oxygens (including phenoxy) is 2. The van der Waals surface area contributed by atoms with Crippen molar-refractivity contribution in [2.75, 3.05) is 14.2 Å². The molecular weight excluding hydrogens is 292 g/mol. The zero-order valence-corrected chi connectivity index (χ0v) is 13.2. The lowest BCUT2D eigenvalue weighted by molar-refractivity contribution is 0.355. The number of aryl methyl sites for hydroxylation is 1. The average molecular weight is 308 g/mol. The van der Waals surface area contributed by atoms with Crippen LogP contribution >= 0.6 is 0 Å².